The monoisotopic (exact) mass is 234 g/mol. The molecule has 0 amide bonds. The van der Waals surface area contributed by atoms with E-state index in [1.54, 1.807) is 0 Å². The molecule has 0 aliphatic heterocycles. The molecule has 0 unspecified atom stereocenters. The Labute approximate surface area is 100 Å². The number of fused-ring (bicyclic) bond motifs is 1. The largest absolute Gasteiger partial charge is 0.350 e. The standard InChI is InChI=1S/C13H15ClN2/c1-16-8-9(7-15-10-5-6-10)13-11(14)3-2-4-12(13)16/h2-4,8,10,15H,5-7H2,1H3. The normalized spacial score (nSPS) is 15.9. The van der Waals surface area contributed by atoms with Crippen LogP contribution in [0.25, 0.3) is 10.9 Å². The molecule has 1 aromatic heterocycles. The first-order chi connectivity index (χ1) is 7.75. The summed E-state index contributed by atoms with van der Waals surface area (Å²) in [6.07, 6.45) is 4.81. The van der Waals surface area contributed by atoms with Crippen LogP contribution >= 0.6 is 11.6 Å². The van der Waals surface area contributed by atoms with Crippen molar-refractivity contribution in [1.82, 2.24) is 9.88 Å². The third kappa shape index (κ3) is 1.72. The molecule has 0 radical (unpaired) electrons. The van der Waals surface area contributed by atoms with Crippen LogP contribution in [0.1, 0.15) is 18.4 Å². The molecular weight excluding hydrogens is 220 g/mol. The second-order valence-electron chi connectivity index (χ2n) is 4.55. The number of hydrogen-bond donors (Lipinski definition) is 1. The third-order valence-corrected chi connectivity index (χ3v) is 3.52. The first kappa shape index (κ1) is 10.2. The number of benzene rings is 1. The molecule has 1 saturated carbocycles. The van der Waals surface area contributed by atoms with Gasteiger partial charge in [0, 0.05) is 36.7 Å². The van der Waals surface area contributed by atoms with E-state index in [4.69, 9.17) is 11.6 Å². The van der Waals surface area contributed by atoms with Crippen molar-refractivity contribution < 1.29 is 0 Å². The molecule has 1 aliphatic rings. The molecule has 2 nitrogen and oxygen atoms in total. The number of hydrogen-bond acceptors (Lipinski definition) is 1. The van der Waals surface area contributed by atoms with Crippen LogP contribution in [0.4, 0.5) is 0 Å². The van der Waals surface area contributed by atoms with Gasteiger partial charge in [-0.25, -0.2) is 0 Å². The van der Waals surface area contributed by atoms with Crippen LogP contribution in [0.3, 0.4) is 0 Å². The van der Waals surface area contributed by atoms with Crippen molar-refractivity contribution >= 4 is 22.5 Å². The summed E-state index contributed by atoms with van der Waals surface area (Å²) in [6.45, 7) is 0.922. The zero-order valence-corrected chi connectivity index (χ0v) is 10.1. The molecular formula is C13H15ClN2. The van der Waals surface area contributed by atoms with Gasteiger partial charge in [0.1, 0.15) is 0 Å². The van der Waals surface area contributed by atoms with Crippen molar-refractivity contribution in [3.05, 3.63) is 35.0 Å². The van der Waals surface area contributed by atoms with Crippen LogP contribution in [0.15, 0.2) is 24.4 Å². The van der Waals surface area contributed by atoms with Gasteiger partial charge in [-0.2, -0.15) is 0 Å². The van der Waals surface area contributed by atoms with Crippen molar-refractivity contribution in [2.24, 2.45) is 7.05 Å². The number of halogens is 1. The second kappa shape index (κ2) is 3.79. The van der Waals surface area contributed by atoms with Crippen molar-refractivity contribution in [2.75, 3.05) is 0 Å². The predicted molar refractivity (Wildman–Crippen MR) is 67.8 cm³/mol. The van der Waals surface area contributed by atoms with Crippen LogP contribution in [-0.4, -0.2) is 10.6 Å². The van der Waals surface area contributed by atoms with Gasteiger partial charge in [-0.15, -0.1) is 0 Å². The average Bonchev–Trinajstić information content (AvgIpc) is 3.03. The zero-order chi connectivity index (χ0) is 11.1. The molecule has 0 saturated heterocycles. The zero-order valence-electron chi connectivity index (χ0n) is 9.33. The molecule has 16 heavy (non-hydrogen) atoms. The summed E-state index contributed by atoms with van der Waals surface area (Å²) >= 11 is 6.27. The highest BCUT2D eigenvalue weighted by Crippen LogP contribution is 2.29. The Kier molecular flexibility index (Phi) is 2.41. The fourth-order valence-corrected chi connectivity index (χ4v) is 2.46. The lowest BCUT2D eigenvalue weighted by molar-refractivity contribution is 0.689. The van der Waals surface area contributed by atoms with E-state index in [1.807, 2.05) is 12.1 Å². The highest BCUT2D eigenvalue weighted by atomic mass is 35.5. The fourth-order valence-electron chi connectivity index (χ4n) is 2.17. The Hall–Kier alpha value is -0.990. The maximum atomic E-state index is 6.27. The van der Waals surface area contributed by atoms with Crippen LogP contribution < -0.4 is 5.32 Å². The van der Waals surface area contributed by atoms with Gasteiger partial charge in [0.15, 0.2) is 0 Å². The van der Waals surface area contributed by atoms with Gasteiger partial charge in [0.05, 0.1) is 5.02 Å². The Balaban J connectivity index is 2.01. The van der Waals surface area contributed by atoms with E-state index in [0.717, 1.165) is 17.6 Å². The Morgan fingerprint density at radius 1 is 1.44 bits per heavy atom. The molecule has 1 N–H and O–H groups in total. The summed E-state index contributed by atoms with van der Waals surface area (Å²) in [7, 11) is 2.07. The number of rotatable bonds is 3. The summed E-state index contributed by atoms with van der Waals surface area (Å²) in [5, 5.41) is 5.58. The van der Waals surface area contributed by atoms with Crippen molar-refractivity contribution in [1.29, 1.82) is 0 Å². The quantitative estimate of drug-likeness (QED) is 0.864. The van der Waals surface area contributed by atoms with Crippen LogP contribution in [0.5, 0.6) is 0 Å². The Morgan fingerprint density at radius 3 is 3.00 bits per heavy atom. The highest BCUT2D eigenvalue weighted by Gasteiger charge is 2.21. The average molecular weight is 235 g/mol. The van der Waals surface area contributed by atoms with E-state index >= 15 is 0 Å². The van der Waals surface area contributed by atoms with Gasteiger partial charge < -0.3 is 9.88 Å². The summed E-state index contributed by atoms with van der Waals surface area (Å²) in [6, 6.07) is 6.81. The second-order valence-corrected chi connectivity index (χ2v) is 4.96. The van der Waals surface area contributed by atoms with E-state index in [-0.39, 0.29) is 0 Å². The van der Waals surface area contributed by atoms with Gasteiger partial charge in [-0.05, 0) is 30.5 Å². The topological polar surface area (TPSA) is 17.0 Å². The summed E-state index contributed by atoms with van der Waals surface area (Å²) < 4.78 is 2.14. The molecule has 0 bridgehead atoms. The van der Waals surface area contributed by atoms with Crippen molar-refractivity contribution in [3.63, 3.8) is 0 Å². The fraction of sp³-hybridized carbons (Fsp3) is 0.385. The SMILES string of the molecule is Cn1cc(CNC2CC2)c2c(Cl)cccc21. The van der Waals surface area contributed by atoms with Gasteiger partial charge in [-0.1, -0.05) is 17.7 Å². The van der Waals surface area contributed by atoms with Crippen LogP contribution in [-0.2, 0) is 13.6 Å². The molecule has 1 aliphatic carbocycles. The molecule has 3 rings (SSSR count). The van der Waals surface area contributed by atoms with Gasteiger partial charge in [0.2, 0.25) is 0 Å². The Bertz CT molecular complexity index is 526. The van der Waals surface area contributed by atoms with Crippen molar-refractivity contribution in [2.45, 2.75) is 25.4 Å². The van der Waals surface area contributed by atoms with E-state index in [9.17, 15) is 0 Å². The highest BCUT2D eigenvalue weighted by molar-refractivity contribution is 6.35. The first-order valence-electron chi connectivity index (χ1n) is 5.71. The van der Waals surface area contributed by atoms with E-state index in [2.05, 4.69) is 29.2 Å². The van der Waals surface area contributed by atoms with E-state index in [0.29, 0.717) is 0 Å². The molecule has 1 heterocycles. The molecule has 1 aromatic carbocycles. The summed E-state index contributed by atoms with van der Waals surface area (Å²) in [5.74, 6) is 0. The van der Waals surface area contributed by atoms with Gasteiger partial charge in [0.25, 0.3) is 0 Å². The third-order valence-electron chi connectivity index (χ3n) is 3.20. The number of aromatic nitrogens is 1. The predicted octanol–water partition coefficient (Wildman–Crippen LogP) is 3.08. The Morgan fingerprint density at radius 2 is 2.25 bits per heavy atom. The van der Waals surface area contributed by atoms with Crippen LogP contribution in [0.2, 0.25) is 5.02 Å². The lowest BCUT2D eigenvalue weighted by atomic mass is 10.2. The number of nitrogens with one attached hydrogen (secondary N) is 1. The summed E-state index contributed by atoms with van der Waals surface area (Å²) in [5.41, 5.74) is 2.51. The lowest BCUT2D eigenvalue weighted by Crippen LogP contribution is -2.14. The smallest absolute Gasteiger partial charge is 0.0503 e. The minimum atomic E-state index is 0.734. The molecule has 3 heteroatoms. The first-order valence-corrected chi connectivity index (χ1v) is 6.09. The molecule has 2 aromatic rings. The minimum Gasteiger partial charge on any atom is -0.350 e. The van der Waals surface area contributed by atoms with Crippen LogP contribution in [0, 0.1) is 0 Å². The summed E-state index contributed by atoms with van der Waals surface area (Å²) in [4.78, 5) is 0. The van der Waals surface area contributed by atoms with Crippen molar-refractivity contribution in [3.8, 4) is 0 Å². The van der Waals surface area contributed by atoms with Gasteiger partial charge in [-0.3, -0.25) is 0 Å². The minimum absolute atomic E-state index is 0.734. The van der Waals surface area contributed by atoms with Gasteiger partial charge >= 0.3 is 0 Å². The van der Waals surface area contributed by atoms with E-state index < -0.39 is 0 Å². The maximum Gasteiger partial charge on any atom is 0.0503 e. The number of nitrogens with zero attached hydrogens (tertiary/aromatic N) is 1. The van der Waals surface area contributed by atoms with E-state index in [1.165, 1.54) is 29.3 Å². The lowest BCUT2D eigenvalue weighted by Gasteiger charge is -2.02. The number of aryl methyl sites for hydroxylation is 1. The maximum absolute atomic E-state index is 6.27. The molecule has 0 atom stereocenters. The molecule has 84 valence electrons. The molecule has 1 fully saturated rings. The molecule has 0 spiro atoms.